The van der Waals surface area contributed by atoms with Gasteiger partial charge in [-0.25, -0.2) is 0 Å². The van der Waals surface area contributed by atoms with E-state index in [1.807, 2.05) is 0 Å². The van der Waals surface area contributed by atoms with Crippen LogP contribution in [0.4, 0.5) is 5.69 Å². The third kappa shape index (κ3) is 4.59. The van der Waals surface area contributed by atoms with Gasteiger partial charge < -0.3 is 14.8 Å². The van der Waals surface area contributed by atoms with E-state index in [0.29, 0.717) is 33.5 Å². The molecule has 31 heavy (non-hydrogen) atoms. The lowest BCUT2D eigenvalue weighted by Gasteiger charge is -2.09. The quantitative estimate of drug-likeness (QED) is 0.453. The largest absolute Gasteiger partial charge is 0.497 e. The third-order valence-corrected chi connectivity index (χ3v) is 4.40. The molecule has 0 atom stereocenters. The molecular formula is C18H16ClN9O3. The fourth-order valence-corrected chi connectivity index (χ4v) is 2.96. The first-order chi connectivity index (χ1) is 15.1. The van der Waals surface area contributed by atoms with Crippen molar-refractivity contribution < 1.29 is 14.3 Å². The van der Waals surface area contributed by atoms with Gasteiger partial charge in [0.25, 0.3) is 0 Å². The van der Waals surface area contributed by atoms with E-state index in [-0.39, 0.29) is 18.3 Å². The topological polar surface area (TPSA) is 135 Å². The summed E-state index contributed by atoms with van der Waals surface area (Å²) < 4.78 is 11.9. The standard InChI is InChI=1S/C18H16ClN9O3/c1-30-13-6-12(7-14(8-13)31-2)21-17(29)9-28-23-18(22-25-28)15-5-11(19)3-4-16(15)27-10-20-24-26-27/h3-8,10H,9H2,1-2H3,(H,21,29). The molecule has 4 rings (SSSR count). The number of carbonyl (C=O) groups excluding carboxylic acids is 1. The number of benzene rings is 2. The number of hydrogen-bond acceptors (Lipinski definition) is 9. The second kappa shape index (κ2) is 8.75. The minimum atomic E-state index is -0.356. The van der Waals surface area contributed by atoms with Crippen LogP contribution in [0.1, 0.15) is 0 Å². The van der Waals surface area contributed by atoms with Crippen LogP contribution in [0.3, 0.4) is 0 Å². The van der Waals surface area contributed by atoms with E-state index in [9.17, 15) is 4.79 Å². The molecule has 13 heteroatoms. The maximum absolute atomic E-state index is 12.5. The number of anilines is 1. The lowest BCUT2D eigenvalue weighted by molar-refractivity contribution is -0.117. The fourth-order valence-electron chi connectivity index (χ4n) is 2.79. The molecule has 0 radical (unpaired) electrons. The SMILES string of the molecule is COc1cc(NC(=O)Cn2nnc(-c3cc(Cl)ccc3-n3cnnn3)n2)cc(OC)c1. The number of halogens is 1. The van der Waals surface area contributed by atoms with Gasteiger partial charge in [0.15, 0.2) is 0 Å². The molecule has 2 aromatic carbocycles. The molecule has 2 heterocycles. The highest BCUT2D eigenvalue weighted by Crippen LogP contribution is 2.27. The van der Waals surface area contributed by atoms with Crippen molar-refractivity contribution in [2.45, 2.75) is 6.54 Å². The molecule has 0 unspecified atom stereocenters. The van der Waals surface area contributed by atoms with Crippen molar-refractivity contribution in [3.05, 3.63) is 47.7 Å². The first kappa shape index (κ1) is 20.2. The van der Waals surface area contributed by atoms with E-state index < -0.39 is 0 Å². The van der Waals surface area contributed by atoms with Crippen molar-refractivity contribution in [2.24, 2.45) is 0 Å². The zero-order valence-corrected chi connectivity index (χ0v) is 17.2. The van der Waals surface area contributed by atoms with Gasteiger partial charge in [0.1, 0.15) is 24.4 Å². The van der Waals surface area contributed by atoms with Gasteiger partial charge in [0.2, 0.25) is 11.7 Å². The summed E-state index contributed by atoms with van der Waals surface area (Å²) >= 11 is 6.13. The van der Waals surface area contributed by atoms with Crippen LogP contribution in [0.2, 0.25) is 5.02 Å². The van der Waals surface area contributed by atoms with Crippen molar-refractivity contribution in [1.29, 1.82) is 0 Å². The Kier molecular flexibility index (Phi) is 5.71. The van der Waals surface area contributed by atoms with Crippen LogP contribution in [-0.4, -0.2) is 60.5 Å². The molecule has 0 bridgehead atoms. The fraction of sp³-hybridized carbons (Fsp3) is 0.167. The summed E-state index contributed by atoms with van der Waals surface area (Å²) in [6, 6.07) is 10.1. The second-order valence-corrected chi connectivity index (χ2v) is 6.65. The highest BCUT2D eigenvalue weighted by molar-refractivity contribution is 6.31. The van der Waals surface area contributed by atoms with Crippen LogP contribution >= 0.6 is 11.6 Å². The van der Waals surface area contributed by atoms with Gasteiger partial charge in [0, 0.05) is 28.9 Å². The molecule has 0 saturated heterocycles. The third-order valence-electron chi connectivity index (χ3n) is 4.17. The van der Waals surface area contributed by atoms with E-state index in [1.165, 1.54) is 30.0 Å². The minimum absolute atomic E-state index is 0.159. The van der Waals surface area contributed by atoms with E-state index in [2.05, 4.69) is 36.3 Å². The molecule has 4 aromatic rings. The van der Waals surface area contributed by atoms with Gasteiger partial charge in [-0.1, -0.05) is 11.6 Å². The average Bonchev–Trinajstić information content (AvgIpc) is 3.45. The van der Waals surface area contributed by atoms with E-state index in [1.54, 1.807) is 36.4 Å². The van der Waals surface area contributed by atoms with Gasteiger partial charge in [0.05, 0.1) is 25.5 Å². The summed E-state index contributed by atoms with van der Waals surface area (Å²) in [6.07, 6.45) is 1.44. The number of tetrazole rings is 2. The Hall–Kier alpha value is -4.06. The minimum Gasteiger partial charge on any atom is -0.497 e. The summed E-state index contributed by atoms with van der Waals surface area (Å²) in [5, 5.41) is 26.6. The number of aromatic nitrogens is 8. The van der Waals surface area contributed by atoms with Crippen molar-refractivity contribution in [3.63, 3.8) is 0 Å². The van der Waals surface area contributed by atoms with Gasteiger partial charge in [-0.2, -0.15) is 9.48 Å². The Morgan fingerprint density at radius 3 is 2.55 bits per heavy atom. The molecular weight excluding hydrogens is 426 g/mol. The number of rotatable bonds is 7. The van der Waals surface area contributed by atoms with Crippen LogP contribution in [0.15, 0.2) is 42.7 Å². The maximum Gasteiger partial charge on any atom is 0.248 e. The van der Waals surface area contributed by atoms with Crippen LogP contribution < -0.4 is 14.8 Å². The smallest absolute Gasteiger partial charge is 0.248 e. The number of amides is 1. The van der Waals surface area contributed by atoms with E-state index in [0.717, 1.165) is 0 Å². The number of methoxy groups -OCH3 is 2. The van der Waals surface area contributed by atoms with Gasteiger partial charge in [-0.3, -0.25) is 4.79 Å². The average molecular weight is 442 g/mol. The molecule has 1 N–H and O–H groups in total. The van der Waals surface area contributed by atoms with E-state index >= 15 is 0 Å². The summed E-state index contributed by atoms with van der Waals surface area (Å²) in [5.74, 6) is 1.01. The predicted molar refractivity (Wildman–Crippen MR) is 109 cm³/mol. The van der Waals surface area contributed by atoms with Crippen LogP contribution in [0.5, 0.6) is 11.5 Å². The highest BCUT2D eigenvalue weighted by Gasteiger charge is 2.16. The predicted octanol–water partition coefficient (Wildman–Crippen LogP) is 1.63. The normalized spacial score (nSPS) is 10.7. The van der Waals surface area contributed by atoms with Crippen molar-refractivity contribution in [1.82, 2.24) is 40.4 Å². The Bertz CT molecular complexity index is 1190. The first-order valence-corrected chi connectivity index (χ1v) is 9.27. The van der Waals surface area contributed by atoms with Gasteiger partial charge >= 0.3 is 0 Å². The number of carbonyl (C=O) groups is 1. The lowest BCUT2D eigenvalue weighted by Crippen LogP contribution is -2.20. The second-order valence-electron chi connectivity index (χ2n) is 6.21. The molecule has 0 aliphatic heterocycles. The zero-order chi connectivity index (χ0) is 21.8. The number of ether oxygens (including phenoxy) is 2. The molecule has 0 aliphatic carbocycles. The van der Waals surface area contributed by atoms with Crippen LogP contribution in [-0.2, 0) is 11.3 Å². The Labute approximate surface area is 180 Å². The van der Waals surface area contributed by atoms with Crippen molar-refractivity contribution >= 4 is 23.2 Å². The zero-order valence-electron chi connectivity index (χ0n) is 16.4. The molecule has 0 saturated carbocycles. The summed E-state index contributed by atoms with van der Waals surface area (Å²) in [6.45, 7) is -0.159. The molecule has 0 fully saturated rings. The highest BCUT2D eigenvalue weighted by atomic mass is 35.5. The van der Waals surface area contributed by atoms with Crippen LogP contribution in [0, 0.1) is 0 Å². The van der Waals surface area contributed by atoms with Crippen molar-refractivity contribution in [2.75, 3.05) is 19.5 Å². The lowest BCUT2D eigenvalue weighted by atomic mass is 10.1. The first-order valence-electron chi connectivity index (χ1n) is 8.89. The Morgan fingerprint density at radius 2 is 1.87 bits per heavy atom. The summed E-state index contributed by atoms with van der Waals surface area (Å²) in [5.41, 5.74) is 1.68. The van der Waals surface area contributed by atoms with Gasteiger partial charge in [-0.05, 0) is 33.8 Å². The number of nitrogens with zero attached hydrogens (tertiary/aromatic N) is 8. The van der Waals surface area contributed by atoms with Crippen molar-refractivity contribution in [3.8, 4) is 28.6 Å². The summed E-state index contributed by atoms with van der Waals surface area (Å²) in [4.78, 5) is 13.6. The number of nitrogens with one attached hydrogen (secondary N) is 1. The maximum atomic E-state index is 12.5. The molecule has 0 aliphatic rings. The van der Waals surface area contributed by atoms with Crippen LogP contribution in [0.25, 0.3) is 17.1 Å². The molecule has 158 valence electrons. The molecule has 0 spiro atoms. The monoisotopic (exact) mass is 441 g/mol. The Balaban J connectivity index is 1.53. The number of hydrogen-bond donors (Lipinski definition) is 1. The van der Waals surface area contributed by atoms with E-state index in [4.69, 9.17) is 21.1 Å². The molecule has 1 amide bonds. The van der Waals surface area contributed by atoms with Gasteiger partial charge in [-0.15, -0.1) is 15.3 Å². The molecule has 2 aromatic heterocycles. The molecule has 12 nitrogen and oxygen atoms in total. The Morgan fingerprint density at radius 1 is 1.10 bits per heavy atom. The summed E-state index contributed by atoms with van der Waals surface area (Å²) in [7, 11) is 3.06.